The predicted molar refractivity (Wildman–Crippen MR) is 50.4 cm³/mol. The molecule has 1 rings (SSSR count). The van der Waals surface area contributed by atoms with Crippen molar-refractivity contribution < 1.29 is 9.90 Å². The van der Waals surface area contributed by atoms with Gasteiger partial charge in [-0.2, -0.15) is 5.26 Å². The number of aliphatic hydroxyl groups is 1. The third kappa shape index (κ3) is 3.21. The number of nitrogens with two attached hydrogens (primary N) is 1. The Bertz CT molecular complexity index is 383. The second kappa shape index (κ2) is 4.88. The van der Waals surface area contributed by atoms with Crippen molar-refractivity contribution >= 4 is 11.7 Å². The van der Waals surface area contributed by atoms with E-state index in [1.54, 1.807) is 0 Å². The van der Waals surface area contributed by atoms with Gasteiger partial charge in [0.2, 0.25) is 5.91 Å². The van der Waals surface area contributed by atoms with E-state index in [2.05, 4.69) is 15.3 Å². The third-order valence-electron chi connectivity index (χ3n) is 1.57. The Hall–Kier alpha value is -2.20. The Morgan fingerprint density at radius 1 is 1.67 bits per heavy atom. The maximum Gasteiger partial charge on any atom is 0.248 e. The molecule has 7 nitrogen and oxygen atoms in total. The Balaban J connectivity index is 2.52. The summed E-state index contributed by atoms with van der Waals surface area (Å²) in [6.45, 7) is -0.0457. The topological polar surface area (TPSA) is 125 Å². The molecule has 0 radical (unpaired) electrons. The van der Waals surface area contributed by atoms with Crippen LogP contribution in [0.2, 0.25) is 0 Å². The van der Waals surface area contributed by atoms with Crippen LogP contribution in [0.3, 0.4) is 0 Å². The summed E-state index contributed by atoms with van der Waals surface area (Å²) < 4.78 is 0. The minimum Gasteiger partial charge on any atom is -0.381 e. The van der Waals surface area contributed by atoms with Crippen LogP contribution in [-0.4, -0.2) is 33.6 Å². The molecule has 1 atom stereocenters. The number of primary amides is 1. The monoisotopic (exact) mass is 207 g/mol. The van der Waals surface area contributed by atoms with Crippen molar-refractivity contribution in [3.05, 3.63) is 18.1 Å². The number of carbonyl (C=O) groups excluding carboxylic acids is 1. The maximum atomic E-state index is 10.5. The zero-order chi connectivity index (χ0) is 11.3. The lowest BCUT2D eigenvalue weighted by molar-refractivity contribution is -0.125. The van der Waals surface area contributed by atoms with E-state index in [1.807, 2.05) is 6.07 Å². The second-order valence-electron chi connectivity index (χ2n) is 2.70. The molecule has 0 aromatic carbocycles. The summed E-state index contributed by atoms with van der Waals surface area (Å²) in [5.74, 6) is -0.460. The Labute approximate surface area is 85.6 Å². The van der Waals surface area contributed by atoms with Crippen molar-refractivity contribution in [2.75, 3.05) is 11.9 Å². The lowest BCUT2D eigenvalue weighted by Gasteiger charge is -2.07. The van der Waals surface area contributed by atoms with Crippen molar-refractivity contribution in [2.45, 2.75) is 6.10 Å². The van der Waals surface area contributed by atoms with Crippen molar-refractivity contribution in [3.63, 3.8) is 0 Å². The number of nitrogens with zero attached hydrogens (tertiary/aromatic N) is 3. The SMILES string of the molecule is N#Cc1cnc(NCC(O)C(N)=O)cn1. The summed E-state index contributed by atoms with van der Waals surface area (Å²) in [4.78, 5) is 18.0. The van der Waals surface area contributed by atoms with Gasteiger partial charge >= 0.3 is 0 Å². The zero-order valence-corrected chi connectivity index (χ0v) is 7.71. The van der Waals surface area contributed by atoms with Gasteiger partial charge in [-0.3, -0.25) is 4.79 Å². The van der Waals surface area contributed by atoms with Crippen LogP contribution in [0.5, 0.6) is 0 Å². The summed E-state index contributed by atoms with van der Waals surface area (Å²) in [5.41, 5.74) is 5.03. The van der Waals surface area contributed by atoms with Gasteiger partial charge in [-0.25, -0.2) is 9.97 Å². The number of rotatable bonds is 4. The summed E-state index contributed by atoms with van der Waals surface area (Å²) in [6, 6.07) is 1.81. The van der Waals surface area contributed by atoms with Crippen LogP contribution in [0.1, 0.15) is 5.69 Å². The number of carbonyl (C=O) groups is 1. The summed E-state index contributed by atoms with van der Waals surface area (Å²) in [5, 5.41) is 20.1. The first-order valence-electron chi connectivity index (χ1n) is 4.07. The first-order chi connectivity index (χ1) is 7.13. The van der Waals surface area contributed by atoms with E-state index in [1.165, 1.54) is 12.4 Å². The molecule has 1 heterocycles. The van der Waals surface area contributed by atoms with E-state index in [9.17, 15) is 4.79 Å². The molecule has 0 fully saturated rings. The molecule has 1 unspecified atom stereocenters. The molecule has 7 heteroatoms. The highest BCUT2D eigenvalue weighted by atomic mass is 16.3. The average Bonchev–Trinajstić information content (AvgIpc) is 2.26. The highest BCUT2D eigenvalue weighted by molar-refractivity contribution is 5.79. The first kappa shape index (κ1) is 10.9. The highest BCUT2D eigenvalue weighted by Crippen LogP contribution is 1.99. The summed E-state index contributed by atoms with van der Waals surface area (Å²) in [7, 11) is 0. The number of hydrogen-bond acceptors (Lipinski definition) is 6. The minimum absolute atomic E-state index is 0.0457. The Morgan fingerprint density at radius 3 is 2.87 bits per heavy atom. The van der Waals surface area contributed by atoms with Gasteiger partial charge < -0.3 is 16.2 Å². The maximum absolute atomic E-state index is 10.5. The normalized spacial score (nSPS) is 11.5. The molecule has 0 aliphatic rings. The van der Waals surface area contributed by atoms with Gasteiger partial charge in [0.05, 0.1) is 18.9 Å². The second-order valence-corrected chi connectivity index (χ2v) is 2.70. The number of aromatic nitrogens is 2. The first-order valence-corrected chi connectivity index (χ1v) is 4.07. The number of aliphatic hydroxyl groups excluding tert-OH is 1. The van der Waals surface area contributed by atoms with Gasteiger partial charge in [0.25, 0.3) is 0 Å². The van der Waals surface area contributed by atoms with E-state index in [-0.39, 0.29) is 12.2 Å². The molecule has 0 aliphatic carbocycles. The molecule has 78 valence electrons. The van der Waals surface area contributed by atoms with Gasteiger partial charge in [0, 0.05) is 0 Å². The molecule has 4 N–H and O–H groups in total. The molecule has 0 spiro atoms. The van der Waals surface area contributed by atoms with E-state index < -0.39 is 12.0 Å². The minimum atomic E-state index is -1.28. The fourth-order valence-electron chi connectivity index (χ4n) is 0.779. The smallest absolute Gasteiger partial charge is 0.248 e. The molecule has 0 aliphatic heterocycles. The molecule has 0 saturated heterocycles. The molecule has 0 bridgehead atoms. The van der Waals surface area contributed by atoms with E-state index >= 15 is 0 Å². The van der Waals surface area contributed by atoms with Crippen LogP contribution in [-0.2, 0) is 4.79 Å². The van der Waals surface area contributed by atoms with E-state index in [0.29, 0.717) is 5.82 Å². The average molecular weight is 207 g/mol. The van der Waals surface area contributed by atoms with Crippen molar-refractivity contribution in [2.24, 2.45) is 5.73 Å². The van der Waals surface area contributed by atoms with Gasteiger partial charge in [-0.05, 0) is 0 Å². The van der Waals surface area contributed by atoms with Crippen molar-refractivity contribution in [1.29, 1.82) is 5.26 Å². The fraction of sp³-hybridized carbons (Fsp3) is 0.250. The van der Waals surface area contributed by atoms with Crippen LogP contribution >= 0.6 is 0 Å². The van der Waals surface area contributed by atoms with Gasteiger partial charge in [-0.15, -0.1) is 0 Å². The highest BCUT2D eigenvalue weighted by Gasteiger charge is 2.10. The summed E-state index contributed by atoms with van der Waals surface area (Å²) in [6.07, 6.45) is 1.33. The molecule has 0 saturated carbocycles. The number of amides is 1. The van der Waals surface area contributed by atoms with Crippen molar-refractivity contribution in [1.82, 2.24) is 9.97 Å². The van der Waals surface area contributed by atoms with Crippen LogP contribution in [0.4, 0.5) is 5.82 Å². The molecular formula is C8H9N5O2. The van der Waals surface area contributed by atoms with Gasteiger partial charge in [0.15, 0.2) is 5.69 Å². The lowest BCUT2D eigenvalue weighted by Crippen LogP contribution is -2.34. The van der Waals surface area contributed by atoms with Gasteiger partial charge in [-0.1, -0.05) is 0 Å². The lowest BCUT2D eigenvalue weighted by atomic mass is 10.3. The van der Waals surface area contributed by atoms with E-state index in [4.69, 9.17) is 16.1 Å². The Kier molecular flexibility index (Phi) is 3.54. The zero-order valence-electron chi connectivity index (χ0n) is 7.71. The van der Waals surface area contributed by atoms with Crippen LogP contribution in [0, 0.1) is 11.3 Å². The number of hydrogen-bond donors (Lipinski definition) is 3. The molecule has 1 aromatic rings. The summed E-state index contributed by atoms with van der Waals surface area (Å²) >= 11 is 0. The molecule has 1 amide bonds. The number of anilines is 1. The van der Waals surface area contributed by atoms with Crippen LogP contribution in [0.25, 0.3) is 0 Å². The predicted octanol–water partition coefficient (Wildman–Crippen LogP) is -1.39. The number of nitriles is 1. The van der Waals surface area contributed by atoms with E-state index in [0.717, 1.165) is 0 Å². The largest absolute Gasteiger partial charge is 0.381 e. The Morgan fingerprint density at radius 2 is 2.40 bits per heavy atom. The quantitative estimate of drug-likeness (QED) is 0.558. The fourth-order valence-corrected chi connectivity index (χ4v) is 0.779. The van der Waals surface area contributed by atoms with Crippen molar-refractivity contribution in [3.8, 4) is 6.07 Å². The van der Waals surface area contributed by atoms with Gasteiger partial charge in [0.1, 0.15) is 18.0 Å². The molecular weight excluding hydrogens is 198 g/mol. The molecule has 15 heavy (non-hydrogen) atoms. The standard InChI is InChI=1S/C8H9N5O2/c9-1-5-2-12-7(4-11-5)13-3-6(14)8(10)15/h2,4,6,14H,3H2,(H2,10,15)(H,12,13). The van der Waals surface area contributed by atoms with Crippen LogP contribution < -0.4 is 11.1 Å². The number of nitrogens with one attached hydrogen (secondary N) is 1. The molecule has 1 aromatic heterocycles. The third-order valence-corrected chi connectivity index (χ3v) is 1.57. The van der Waals surface area contributed by atoms with Crippen LogP contribution in [0.15, 0.2) is 12.4 Å².